The van der Waals surface area contributed by atoms with Crippen LogP contribution in [0.25, 0.3) is 0 Å². The highest BCUT2D eigenvalue weighted by molar-refractivity contribution is 6.31. The molecule has 0 radical (unpaired) electrons. The van der Waals surface area contributed by atoms with Gasteiger partial charge in [0.05, 0.1) is 23.9 Å². The van der Waals surface area contributed by atoms with Crippen LogP contribution in [0.4, 0.5) is 5.69 Å². The van der Waals surface area contributed by atoms with Gasteiger partial charge in [-0.3, -0.25) is 19.3 Å². The van der Waals surface area contributed by atoms with Crippen LogP contribution in [0.3, 0.4) is 0 Å². The number of amides is 3. The number of benzene rings is 3. The summed E-state index contributed by atoms with van der Waals surface area (Å²) in [6.07, 6.45) is 0.168. The van der Waals surface area contributed by atoms with Gasteiger partial charge in [-0.1, -0.05) is 54.1 Å². The van der Waals surface area contributed by atoms with Crippen LogP contribution in [-0.2, 0) is 11.2 Å². The van der Waals surface area contributed by atoms with Crippen LogP contribution in [-0.4, -0.2) is 35.8 Å². The number of methoxy groups -OCH3 is 1. The van der Waals surface area contributed by atoms with Gasteiger partial charge in [0.15, 0.2) is 0 Å². The molecule has 3 aromatic rings. The molecule has 31 heavy (non-hydrogen) atoms. The van der Waals surface area contributed by atoms with Gasteiger partial charge in [-0.15, -0.1) is 0 Å². The van der Waals surface area contributed by atoms with Gasteiger partial charge < -0.3 is 10.1 Å². The Labute approximate surface area is 184 Å². The normalized spacial score (nSPS) is 13.7. The number of hydrogen-bond acceptors (Lipinski definition) is 4. The van der Waals surface area contributed by atoms with Gasteiger partial charge in [-0.05, 0) is 35.9 Å². The Morgan fingerprint density at radius 3 is 2.19 bits per heavy atom. The van der Waals surface area contributed by atoms with E-state index in [0.29, 0.717) is 27.6 Å². The highest BCUT2D eigenvalue weighted by Crippen LogP contribution is 2.30. The number of nitrogens with one attached hydrogen (secondary N) is 1. The molecule has 0 spiro atoms. The van der Waals surface area contributed by atoms with Crippen LogP contribution in [0.5, 0.6) is 5.75 Å². The summed E-state index contributed by atoms with van der Waals surface area (Å²) >= 11 is 6.08. The molecular weight excluding hydrogens is 416 g/mol. The second-order valence-corrected chi connectivity index (χ2v) is 7.50. The molecule has 1 heterocycles. The summed E-state index contributed by atoms with van der Waals surface area (Å²) in [5.41, 5.74) is 1.75. The number of hydrogen-bond donors (Lipinski definition) is 1. The van der Waals surface area contributed by atoms with Gasteiger partial charge in [0.2, 0.25) is 5.91 Å². The minimum absolute atomic E-state index is 0.168. The summed E-state index contributed by atoms with van der Waals surface area (Å²) in [6, 6.07) is 19.6. The van der Waals surface area contributed by atoms with Gasteiger partial charge in [0, 0.05) is 11.4 Å². The van der Waals surface area contributed by atoms with Gasteiger partial charge in [0.1, 0.15) is 11.8 Å². The minimum Gasteiger partial charge on any atom is -0.495 e. The van der Waals surface area contributed by atoms with E-state index >= 15 is 0 Å². The van der Waals surface area contributed by atoms with Gasteiger partial charge in [0.25, 0.3) is 11.8 Å². The van der Waals surface area contributed by atoms with Crippen LogP contribution in [0.2, 0.25) is 5.02 Å². The molecule has 4 rings (SSSR count). The molecule has 1 aliphatic heterocycles. The molecule has 0 aromatic heterocycles. The molecule has 1 N–H and O–H groups in total. The quantitative estimate of drug-likeness (QED) is 0.590. The van der Waals surface area contributed by atoms with Crippen LogP contribution >= 0.6 is 11.6 Å². The molecular formula is C24H19ClN2O4. The number of carbonyl (C=O) groups excluding carboxylic acids is 3. The van der Waals surface area contributed by atoms with Crippen molar-refractivity contribution in [1.29, 1.82) is 0 Å². The van der Waals surface area contributed by atoms with Crippen molar-refractivity contribution in [2.24, 2.45) is 0 Å². The molecule has 0 saturated heterocycles. The first-order valence-electron chi connectivity index (χ1n) is 9.65. The summed E-state index contributed by atoms with van der Waals surface area (Å²) in [4.78, 5) is 40.5. The van der Waals surface area contributed by atoms with Crippen LogP contribution in [0.15, 0.2) is 72.8 Å². The van der Waals surface area contributed by atoms with Crippen molar-refractivity contribution in [3.05, 3.63) is 94.5 Å². The third-order valence-corrected chi connectivity index (χ3v) is 5.37. The highest BCUT2D eigenvalue weighted by atomic mass is 35.5. The Bertz CT molecular complexity index is 1130. The van der Waals surface area contributed by atoms with Gasteiger partial charge in [-0.2, -0.15) is 0 Å². The van der Waals surface area contributed by atoms with Crippen molar-refractivity contribution >= 4 is 35.0 Å². The SMILES string of the molecule is COc1ccc(Cl)cc1NC(=O)C(Cc1ccccc1)N1C(=O)c2ccccc2C1=O. The summed E-state index contributed by atoms with van der Waals surface area (Å²) in [5, 5.41) is 3.19. The number of halogens is 1. The van der Waals surface area contributed by atoms with Crippen LogP contribution in [0.1, 0.15) is 26.3 Å². The van der Waals surface area contributed by atoms with Crippen LogP contribution in [0, 0.1) is 0 Å². The highest BCUT2D eigenvalue weighted by Gasteiger charge is 2.42. The van der Waals surface area contributed by atoms with Crippen molar-refractivity contribution in [3.63, 3.8) is 0 Å². The lowest BCUT2D eigenvalue weighted by atomic mass is 10.0. The second-order valence-electron chi connectivity index (χ2n) is 7.07. The Morgan fingerprint density at radius 1 is 0.968 bits per heavy atom. The fourth-order valence-electron chi connectivity index (χ4n) is 3.62. The summed E-state index contributed by atoms with van der Waals surface area (Å²) in [6.45, 7) is 0. The average Bonchev–Trinajstić information content (AvgIpc) is 3.03. The maximum absolute atomic E-state index is 13.4. The lowest BCUT2D eigenvalue weighted by Gasteiger charge is -2.26. The maximum Gasteiger partial charge on any atom is 0.262 e. The van der Waals surface area contributed by atoms with E-state index < -0.39 is 23.8 Å². The Balaban J connectivity index is 1.70. The lowest BCUT2D eigenvalue weighted by molar-refractivity contribution is -0.119. The zero-order valence-corrected chi connectivity index (χ0v) is 17.4. The zero-order chi connectivity index (χ0) is 22.0. The predicted molar refractivity (Wildman–Crippen MR) is 118 cm³/mol. The molecule has 0 saturated carbocycles. The number of anilines is 1. The zero-order valence-electron chi connectivity index (χ0n) is 16.7. The Hall–Kier alpha value is -3.64. The molecule has 1 unspecified atom stereocenters. The first-order chi connectivity index (χ1) is 15.0. The van der Waals surface area contributed by atoms with Crippen molar-refractivity contribution in [2.75, 3.05) is 12.4 Å². The summed E-state index contributed by atoms with van der Waals surface area (Å²) in [7, 11) is 1.48. The number of nitrogens with zero attached hydrogens (tertiary/aromatic N) is 1. The van der Waals surface area contributed by atoms with E-state index in [2.05, 4.69) is 5.32 Å². The smallest absolute Gasteiger partial charge is 0.262 e. The van der Waals surface area contributed by atoms with E-state index in [9.17, 15) is 14.4 Å². The summed E-state index contributed by atoms with van der Waals surface area (Å²) in [5.74, 6) is -1.08. The number of carbonyl (C=O) groups is 3. The standard InChI is InChI=1S/C24H19ClN2O4/c1-31-21-12-11-16(25)14-19(21)26-22(28)20(13-15-7-3-2-4-8-15)27-23(29)17-9-5-6-10-18(17)24(27)30/h2-12,14,20H,13H2,1H3,(H,26,28). The minimum atomic E-state index is -1.06. The summed E-state index contributed by atoms with van der Waals surface area (Å²) < 4.78 is 5.30. The van der Waals surface area contributed by atoms with E-state index in [1.165, 1.54) is 7.11 Å². The van der Waals surface area contributed by atoms with E-state index in [1.54, 1.807) is 42.5 Å². The fourth-order valence-corrected chi connectivity index (χ4v) is 3.80. The molecule has 1 atom stereocenters. The largest absolute Gasteiger partial charge is 0.495 e. The first-order valence-corrected chi connectivity index (χ1v) is 10.0. The molecule has 7 heteroatoms. The molecule has 0 aliphatic carbocycles. The monoisotopic (exact) mass is 434 g/mol. The second kappa shape index (κ2) is 8.62. The van der Waals surface area contributed by atoms with Crippen molar-refractivity contribution < 1.29 is 19.1 Å². The van der Waals surface area contributed by atoms with Gasteiger partial charge >= 0.3 is 0 Å². The lowest BCUT2D eigenvalue weighted by Crippen LogP contribution is -2.48. The molecule has 156 valence electrons. The molecule has 6 nitrogen and oxygen atoms in total. The number of ether oxygens (including phenoxy) is 1. The van der Waals surface area contributed by atoms with Crippen molar-refractivity contribution in [3.8, 4) is 5.75 Å². The predicted octanol–water partition coefficient (Wildman–Crippen LogP) is 4.19. The van der Waals surface area contributed by atoms with E-state index in [4.69, 9.17) is 16.3 Å². The topological polar surface area (TPSA) is 75.7 Å². The van der Waals surface area contributed by atoms with Crippen molar-refractivity contribution in [1.82, 2.24) is 4.90 Å². The molecule has 3 aromatic carbocycles. The van der Waals surface area contributed by atoms with E-state index in [1.807, 2.05) is 30.3 Å². The first kappa shape index (κ1) is 20.6. The fraction of sp³-hybridized carbons (Fsp3) is 0.125. The molecule has 3 amide bonds. The molecule has 1 aliphatic rings. The van der Waals surface area contributed by atoms with E-state index in [-0.39, 0.29) is 6.42 Å². The molecule has 0 bridgehead atoms. The van der Waals surface area contributed by atoms with Crippen molar-refractivity contribution in [2.45, 2.75) is 12.5 Å². The number of rotatable bonds is 6. The number of fused-ring (bicyclic) bond motifs is 1. The third-order valence-electron chi connectivity index (χ3n) is 5.13. The van der Waals surface area contributed by atoms with E-state index in [0.717, 1.165) is 10.5 Å². The van der Waals surface area contributed by atoms with Gasteiger partial charge in [-0.25, -0.2) is 0 Å². The average molecular weight is 435 g/mol. The Morgan fingerprint density at radius 2 is 1.58 bits per heavy atom. The molecule has 0 fully saturated rings. The maximum atomic E-state index is 13.4. The van der Waals surface area contributed by atoms with Crippen LogP contribution < -0.4 is 10.1 Å². The Kier molecular flexibility index (Phi) is 5.73. The third kappa shape index (κ3) is 4.02. The number of imide groups is 1.